The van der Waals surface area contributed by atoms with Gasteiger partial charge in [0.1, 0.15) is 11.8 Å². The van der Waals surface area contributed by atoms with Crippen molar-refractivity contribution < 1.29 is 14.3 Å². The van der Waals surface area contributed by atoms with Crippen molar-refractivity contribution in [2.24, 2.45) is 0 Å². The van der Waals surface area contributed by atoms with Crippen molar-refractivity contribution in [1.29, 1.82) is 0 Å². The van der Waals surface area contributed by atoms with Crippen molar-refractivity contribution in [3.05, 3.63) is 53.6 Å². The molecule has 0 aromatic heterocycles. The summed E-state index contributed by atoms with van der Waals surface area (Å²) in [7, 11) is 0. The monoisotopic (exact) mass is 376 g/mol. The molecule has 3 aliphatic rings. The number of carbonyl (C=O) groups is 2. The summed E-state index contributed by atoms with van der Waals surface area (Å²) in [5.41, 5.74) is 3.62. The van der Waals surface area contributed by atoms with Crippen molar-refractivity contribution in [2.45, 2.75) is 51.1 Å². The lowest BCUT2D eigenvalue weighted by atomic mass is 9.94. The number of amides is 2. The molecule has 1 aliphatic carbocycles. The molecule has 0 saturated heterocycles. The van der Waals surface area contributed by atoms with Crippen molar-refractivity contribution >= 4 is 23.2 Å². The third-order valence-corrected chi connectivity index (χ3v) is 6.15. The molecular weight excluding hydrogens is 352 g/mol. The van der Waals surface area contributed by atoms with Gasteiger partial charge in [0.15, 0.2) is 6.61 Å². The Labute approximate surface area is 164 Å². The zero-order valence-corrected chi connectivity index (χ0v) is 16.1. The molecule has 5 nitrogen and oxygen atoms in total. The second-order valence-electron chi connectivity index (χ2n) is 7.99. The van der Waals surface area contributed by atoms with Crippen molar-refractivity contribution in [2.75, 3.05) is 16.4 Å². The Morgan fingerprint density at radius 1 is 0.929 bits per heavy atom. The maximum absolute atomic E-state index is 13.7. The van der Waals surface area contributed by atoms with Gasteiger partial charge in [0, 0.05) is 17.3 Å². The quantitative estimate of drug-likeness (QED) is 0.791. The molecule has 0 radical (unpaired) electrons. The van der Waals surface area contributed by atoms with Gasteiger partial charge in [-0.05, 0) is 43.5 Å². The molecule has 1 atom stereocenters. The first kappa shape index (κ1) is 17.3. The van der Waals surface area contributed by atoms with Crippen LogP contribution in [0.25, 0.3) is 0 Å². The zero-order chi connectivity index (χ0) is 19.3. The Hall–Kier alpha value is -2.82. The third-order valence-electron chi connectivity index (χ3n) is 6.15. The average molecular weight is 376 g/mol. The minimum atomic E-state index is -0.615. The number of benzene rings is 2. The van der Waals surface area contributed by atoms with Gasteiger partial charge in [-0.1, -0.05) is 43.5 Å². The first-order valence-corrected chi connectivity index (χ1v) is 10.1. The van der Waals surface area contributed by atoms with E-state index in [1.807, 2.05) is 54.3 Å². The van der Waals surface area contributed by atoms with Gasteiger partial charge in [-0.2, -0.15) is 0 Å². The van der Waals surface area contributed by atoms with Crippen LogP contribution in [0.5, 0.6) is 5.75 Å². The van der Waals surface area contributed by atoms with E-state index in [1.165, 1.54) is 6.42 Å². The molecular formula is C23H24N2O3. The van der Waals surface area contributed by atoms with Crippen LogP contribution in [-0.4, -0.2) is 24.5 Å². The second-order valence-corrected chi connectivity index (χ2v) is 7.99. The fraction of sp³-hybridized carbons (Fsp3) is 0.391. The fourth-order valence-electron chi connectivity index (χ4n) is 4.85. The van der Waals surface area contributed by atoms with Crippen LogP contribution in [0.4, 0.5) is 11.4 Å². The van der Waals surface area contributed by atoms with Crippen LogP contribution >= 0.6 is 0 Å². The molecule has 0 bridgehead atoms. The van der Waals surface area contributed by atoms with Gasteiger partial charge in [-0.25, -0.2) is 0 Å². The summed E-state index contributed by atoms with van der Waals surface area (Å²) >= 11 is 0. The van der Waals surface area contributed by atoms with Crippen LogP contribution in [0.15, 0.2) is 42.5 Å². The van der Waals surface area contributed by atoms with Crippen molar-refractivity contribution in [3.63, 3.8) is 0 Å². The number of rotatable bonds is 2. The molecule has 2 aromatic rings. The predicted octanol–water partition coefficient (Wildman–Crippen LogP) is 4.14. The van der Waals surface area contributed by atoms with Crippen LogP contribution in [0.1, 0.15) is 49.3 Å². The summed E-state index contributed by atoms with van der Waals surface area (Å²) in [4.78, 5) is 30.2. The summed E-state index contributed by atoms with van der Waals surface area (Å²) in [5, 5.41) is 0. The number of fused-ring (bicyclic) bond motifs is 2. The molecule has 144 valence electrons. The Kier molecular flexibility index (Phi) is 4.11. The number of anilines is 2. The van der Waals surface area contributed by atoms with Gasteiger partial charge in [0.25, 0.3) is 11.8 Å². The number of carbonyl (C=O) groups excluding carboxylic acids is 2. The van der Waals surface area contributed by atoms with Crippen LogP contribution in [0.3, 0.4) is 0 Å². The summed E-state index contributed by atoms with van der Waals surface area (Å²) in [5.74, 6) is 0.505. The Bertz CT molecular complexity index is 949. The van der Waals surface area contributed by atoms with Crippen LogP contribution in [0.2, 0.25) is 0 Å². The summed E-state index contributed by atoms with van der Waals surface area (Å²) in [6.45, 7) is 1.96. The minimum absolute atomic E-state index is 0.00914. The van der Waals surface area contributed by atoms with E-state index >= 15 is 0 Å². The van der Waals surface area contributed by atoms with Crippen LogP contribution in [0, 0.1) is 6.92 Å². The molecule has 0 spiro atoms. The standard InChI is InChI=1S/C23H24N2O3/c1-15-11-12-19-20(13-15)28-14-21(26)25(19)22-17-9-5-6-10-18(17)24(23(22)27)16-7-3-2-4-8-16/h5-6,9-13,16,22H,2-4,7-8,14H2,1H3. The predicted molar refractivity (Wildman–Crippen MR) is 108 cm³/mol. The van der Waals surface area contributed by atoms with E-state index in [9.17, 15) is 9.59 Å². The topological polar surface area (TPSA) is 49.9 Å². The highest BCUT2D eigenvalue weighted by molar-refractivity contribution is 6.12. The van der Waals surface area contributed by atoms with E-state index in [0.717, 1.165) is 42.5 Å². The van der Waals surface area contributed by atoms with Crippen molar-refractivity contribution in [3.8, 4) is 5.75 Å². The highest BCUT2D eigenvalue weighted by Crippen LogP contribution is 2.46. The molecule has 2 aromatic carbocycles. The first-order chi connectivity index (χ1) is 13.6. The largest absolute Gasteiger partial charge is 0.482 e. The lowest BCUT2D eigenvalue weighted by Gasteiger charge is -2.35. The zero-order valence-electron chi connectivity index (χ0n) is 16.1. The molecule has 2 amide bonds. The number of ether oxygens (including phenoxy) is 1. The van der Waals surface area contributed by atoms with E-state index in [2.05, 4.69) is 0 Å². The van der Waals surface area contributed by atoms with Gasteiger partial charge in [-0.15, -0.1) is 0 Å². The molecule has 1 unspecified atom stereocenters. The summed E-state index contributed by atoms with van der Waals surface area (Å²) < 4.78 is 5.66. The lowest BCUT2D eigenvalue weighted by Crippen LogP contribution is -2.47. The van der Waals surface area contributed by atoms with Gasteiger partial charge in [0.05, 0.1) is 5.69 Å². The number of para-hydroxylation sites is 1. The normalized spacial score (nSPS) is 22.1. The number of nitrogens with zero attached hydrogens (tertiary/aromatic N) is 2. The van der Waals surface area contributed by atoms with Crippen LogP contribution in [-0.2, 0) is 9.59 Å². The average Bonchev–Trinajstić information content (AvgIpc) is 3.00. The molecule has 5 rings (SSSR count). The Balaban J connectivity index is 1.61. The maximum Gasteiger partial charge on any atom is 0.266 e. The van der Waals surface area contributed by atoms with E-state index in [1.54, 1.807) is 4.90 Å². The van der Waals surface area contributed by atoms with E-state index in [0.29, 0.717) is 11.4 Å². The summed E-state index contributed by atoms with van der Waals surface area (Å²) in [6.07, 6.45) is 5.59. The highest BCUT2D eigenvalue weighted by atomic mass is 16.5. The molecule has 1 saturated carbocycles. The molecule has 1 fully saturated rings. The molecule has 0 N–H and O–H groups in total. The molecule has 5 heteroatoms. The van der Waals surface area contributed by atoms with Gasteiger partial charge >= 0.3 is 0 Å². The molecule has 28 heavy (non-hydrogen) atoms. The lowest BCUT2D eigenvalue weighted by molar-refractivity contribution is -0.126. The smallest absolute Gasteiger partial charge is 0.266 e. The first-order valence-electron chi connectivity index (χ1n) is 10.1. The highest BCUT2D eigenvalue weighted by Gasteiger charge is 2.47. The number of aryl methyl sites for hydroxylation is 1. The van der Waals surface area contributed by atoms with E-state index in [4.69, 9.17) is 4.74 Å². The number of hydrogen-bond donors (Lipinski definition) is 0. The van der Waals surface area contributed by atoms with Gasteiger partial charge < -0.3 is 9.64 Å². The maximum atomic E-state index is 13.7. The Morgan fingerprint density at radius 3 is 2.54 bits per heavy atom. The van der Waals surface area contributed by atoms with Crippen molar-refractivity contribution in [1.82, 2.24) is 0 Å². The number of hydrogen-bond acceptors (Lipinski definition) is 3. The van der Waals surface area contributed by atoms with E-state index in [-0.39, 0.29) is 24.5 Å². The second kappa shape index (κ2) is 6.66. The SMILES string of the molecule is Cc1ccc2c(c1)OCC(=O)N2C1C(=O)N(C2CCCCC2)c2ccccc21. The summed E-state index contributed by atoms with van der Waals surface area (Å²) in [6, 6.07) is 13.3. The minimum Gasteiger partial charge on any atom is -0.482 e. The molecule has 2 aliphatic heterocycles. The molecule has 2 heterocycles. The third kappa shape index (κ3) is 2.60. The fourth-order valence-corrected chi connectivity index (χ4v) is 4.85. The van der Waals surface area contributed by atoms with Gasteiger partial charge in [-0.3, -0.25) is 14.5 Å². The van der Waals surface area contributed by atoms with Gasteiger partial charge in [0.2, 0.25) is 0 Å². The van der Waals surface area contributed by atoms with E-state index < -0.39 is 6.04 Å². The van der Waals surface area contributed by atoms with Crippen LogP contribution < -0.4 is 14.5 Å². The Morgan fingerprint density at radius 2 is 1.71 bits per heavy atom.